The number of ether oxygens (including phenoxy) is 3. The predicted molar refractivity (Wildman–Crippen MR) is 107 cm³/mol. The van der Waals surface area contributed by atoms with E-state index in [0.717, 1.165) is 11.1 Å². The number of amides is 1. The highest BCUT2D eigenvalue weighted by Crippen LogP contribution is 2.38. The Balaban J connectivity index is 2.18. The van der Waals surface area contributed by atoms with Gasteiger partial charge in [-0.25, -0.2) is 0 Å². The summed E-state index contributed by atoms with van der Waals surface area (Å²) >= 11 is 0. The van der Waals surface area contributed by atoms with E-state index in [0.29, 0.717) is 17.2 Å². The van der Waals surface area contributed by atoms with E-state index in [1.54, 1.807) is 39.5 Å². The number of carbonyl (C=O) groups is 1. The first kappa shape index (κ1) is 20.4. The molecule has 0 aliphatic carbocycles. The van der Waals surface area contributed by atoms with Gasteiger partial charge in [0.2, 0.25) is 11.7 Å². The van der Waals surface area contributed by atoms with E-state index in [9.17, 15) is 4.79 Å². The number of benzene rings is 2. The van der Waals surface area contributed by atoms with Crippen molar-refractivity contribution in [2.75, 3.05) is 21.3 Å². The Morgan fingerprint density at radius 2 is 1.56 bits per heavy atom. The highest BCUT2D eigenvalue weighted by Gasteiger charge is 2.17. The van der Waals surface area contributed by atoms with Crippen molar-refractivity contribution in [3.8, 4) is 17.2 Å². The predicted octanol–water partition coefficient (Wildman–Crippen LogP) is 4.24. The molecule has 0 unspecified atom stereocenters. The maximum Gasteiger partial charge on any atom is 0.244 e. The minimum Gasteiger partial charge on any atom is -0.493 e. The molecule has 0 aliphatic heterocycles. The second-order valence-corrected chi connectivity index (χ2v) is 6.43. The molecule has 5 heteroatoms. The van der Waals surface area contributed by atoms with Gasteiger partial charge in [-0.2, -0.15) is 0 Å². The average molecular weight is 369 g/mol. The summed E-state index contributed by atoms with van der Waals surface area (Å²) in [6.07, 6.45) is 3.24. The molecule has 2 aromatic carbocycles. The van der Waals surface area contributed by atoms with E-state index in [1.807, 2.05) is 30.3 Å². The van der Waals surface area contributed by atoms with Crippen molar-refractivity contribution in [2.45, 2.75) is 19.9 Å². The SMILES string of the molecule is COc1cc(/C=C/C(=O)N[C@@H](c2ccccc2)C(C)C)cc(OC)c1OC. The number of hydrogen-bond donors (Lipinski definition) is 1. The Morgan fingerprint density at radius 3 is 2.04 bits per heavy atom. The zero-order valence-corrected chi connectivity index (χ0v) is 16.5. The number of carbonyl (C=O) groups excluding carboxylic acids is 1. The first-order valence-electron chi connectivity index (χ1n) is 8.83. The molecule has 0 spiro atoms. The lowest BCUT2D eigenvalue weighted by molar-refractivity contribution is -0.117. The van der Waals surface area contributed by atoms with Crippen LogP contribution in [-0.2, 0) is 4.79 Å². The maximum absolute atomic E-state index is 12.5. The molecule has 0 aromatic heterocycles. The van der Waals surface area contributed by atoms with Crippen LogP contribution < -0.4 is 19.5 Å². The molecule has 0 radical (unpaired) electrons. The summed E-state index contributed by atoms with van der Waals surface area (Å²) in [7, 11) is 4.67. The largest absolute Gasteiger partial charge is 0.493 e. The highest BCUT2D eigenvalue weighted by molar-refractivity contribution is 5.92. The van der Waals surface area contributed by atoms with Gasteiger partial charge in [-0.15, -0.1) is 0 Å². The van der Waals surface area contributed by atoms with Crippen LogP contribution in [0.2, 0.25) is 0 Å². The van der Waals surface area contributed by atoms with Gasteiger partial charge in [0, 0.05) is 6.08 Å². The van der Waals surface area contributed by atoms with Crippen LogP contribution in [-0.4, -0.2) is 27.2 Å². The van der Waals surface area contributed by atoms with Crippen molar-refractivity contribution in [2.24, 2.45) is 5.92 Å². The van der Waals surface area contributed by atoms with Crippen LogP contribution in [0.15, 0.2) is 48.5 Å². The molecule has 27 heavy (non-hydrogen) atoms. The Hall–Kier alpha value is -2.95. The third-order valence-electron chi connectivity index (χ3n) is 4.24. The van der Waals surface area contributed by atoms with Gasteiger partial charge in [-0.1, -0.05) is 44.2 Å². The molecule has 2 rings (SSSR count). The van der Waals surface area contributed by atoms with Gasteiger partial charge in [-0.05, 0) is 35.3 Å². The topological polar surface area (TPSA) is 56.8 Å². The lowest BCUT2D eigenvalue weighted by atomic mass is 9.96. The zero-order valence-electron chi connectivity index (χ0n) is 16.5. The van der Waals surface area contributed by atoms with Gasteiger partial charge in [0.1, 0.15) is 0 Å². The molecule has 1 atom stereocenters. The Kier molecular flexibility index (Phi) is 7.29. The molecular weight excluding hydrogens is 342 g/mol. The van der Waals surface area contributed by atoms with Crippen molar-refractivity contribution in [3.63, 3.8) is 0 Å². The minimum atomic E-state index is -0.161. The number of hydrogen-bond acceptors (Lipinski definition) is 4. The van der Waals surface area contributed by atoms with Crippen LogP contribution in [0.3, 0.4) is 0 Å². The maximum atomic E-state index is 12.5. The van der Waals surface area contributed by atoms with Crippen molar-refractivity contribution < 1.29 is 19.0 Å². The lowest BCUT2D eigenvalue weighted by Gasteiger charge is -2.22. The Morgan fingerprint density at radius 1 is 0.963 bits per heavy atom. The first-order valence-corrected chi connectivity index (χ1v) is 8.83. The summed E-state index contributed by atoms with van der Waals surface area (Å²) in [5.41, 5.74) is 1.86. The molecule has 144 valence electrons. The van der Waals surface area contributed by atoms with Gasteiger partial charge in [0.25, 0.3) is 0 Å². The van der Waals surface area contributed by atoms with E-state index < -0.39 is 0 Å². The van der Waals surface area contributed by atoms with Gasteiger partial charge < -0.3 is 19.5 Å². The quantitative estimate of drug-likeness (QED) is 0.707. The van der Waals surface area contributed by atoms with Gasteiger partial charge in [0.15, 0.2) is 11.5 Å². The summed E-state index contributed by atoms with van der Waals surface area (Å²) in [6.45, 7) is 4.17. The summed E-state index contributed by atoms with van der Waals surface area (Å²) in [4.78, 5) is 12.5. The minimum absolute atomic E-state index is 0.0525. The van der Waals surface area contributed by atoms with Crippen molar-refractivity contribution in [1.29, 1.82) is 0 Å². The zero-order chi connectivity index (χ0) is 19.8. The van der Waals surface area contributed by atoms with E-state index in [1.165, 1.54) is 6.08 Å². The van der Waals surface area contributed by atoms with Crippen molar-refractivity contribution >= 4 is 12.0 Å². The van der Waals surface area contributed by atoms with Crippen LogP contribution in [0.4, 0.5) is 0 Å². The second kappa shape index (κ2) is 9.67. The Bertz CT molecular complexity index is 759. The van der Waals surface area contributed by atoms with Crippen molar-refractivity contribution in [1.82, 2.24) is 5.32 Å². The molecule has 5 nitrogen and oxygen atoms in total. The molecule has 0 bridgehead atoms. The van der Waals surface area contributed by atoms with E-state index in [4.69, 9.17) is 14.2 Å². The molecule has 1 N–H and O–H groups in total. The van der Waals surface area contributed by atoms with Crippen LogP contribution in [0, 0.1) is 5.92 Å². The number of rotatable bonds is 8. The van der Waals surface area contributed by atoms with Crippen molar-refractivity contribution in [3.05, 3.63) is 59.7 Å². The fraction of sp³-hybridized carbons (Fsp3) is 0.318. The second-order valence-electron chi connectivity index (χ2n) is 6.43. The fourth-order valence-electron chi connectivity index (χ4n) is 2.87. The standard InChI is InChI=1S/C22H27NO4/c1-15(2)21(17-9-7-6-8-10-17)23-20(24)12-11-16-13-18(25-3)22(27-5)19(14-16)26-4/h6-15,21H,1-5H3,(H,23,24)/b12-11+/t21-/m1/s1. The molecule has 0 fully saturated rings. The molecule has 0 saturated carbocycles. The van der Waals surface area contributed by atoms with E-state index in [-0.39, 0.29) is 17.9 Å². The summed E-state index contributed by atoms with van der Waals surface area (Å²) in [6, 6.07) is 13.5. The van der Waals surface area contributed by atoms with E-state index in [2.05, 4.69) is 19.2 Å². The van der Waals surface area contributed by atoms with Crippen LogP contribution in [0.1, 0.15) is 31.0 Å². The highest BCUT2D eigenvalue weighted by atomic mass is 16.5. The molecular formula is C22H27NO4. The molecule has 0 heterocycles. The van der Waals surface area contributed by atoms with Gasteiger partial charge in [-0.3, -0.25) is 4.79 Å². The average Bonchev–Trinajstić information content (AvgIpc) is 2.69. The molecule has 2 aromatic rings. The lowest BCUT2D eigenvalue weighted by Crippen LogP contribution is -2.30. The molecule has 0 aliphatic rings. The smallest absolute Gasteiger partial charge is 0.244 e. The third kappa shape index (κ3) is 5.26. The normalized spacial score (nSPS) is 12.1. The number of nitrogens with one attached hydrogen (secondary N) is 1. The monoisotopic (exact) mass is 369 g/mol. The summed E-state index contributed by atoms with van der Waals surface area (Å²) in [5, 5.41) is 3.07. The van der Waals surface area contributed by atoms with Gasteiger partial charge in [0.05, 0.1) is 27.4 Å². The molecule has 1 amide bonds. The van der Waals surface area contributed by atoms with Crippen LogP contribution in [0.25, 0.3) is 6.08 Å². The fourth-order valence-corrected chi connectivity index (χ4v) is 2.87. The van der Waals surface area contributed by atoms with Crippen LogP contribution >= 0.6 is 0 Å². The Labute approximate surface area is 161 Å². The molecule has 0 saturated heterocycles. The third-order valence-corrected chi connectivity index (χ3v) is 4.24. The van der Waals surface area contributed by atoms with E-state index >= 15 is 0 Å². The summed E-state index contributed by atoms with van der Waals surface area (Å²) in [5.74, 6) is 1.71. The van der Waals surface area contributed by atoms with Crippen LogP contribution in [0.5, 0.6) is 17.2 Å². The summed E-state index contributed by atoms with van der Waals surface area (Å²) < 4.78 is 16.0. The number of methoxy groups -OCH3 is 3. The first-order chi connectivity index (χ1) is 13.0. The van der Waals surface area contributed by atoms with Gasteiger partial charge >= 0.3 is 0 Å².